The zero-order valence-corrected chi connectivity index (χ0v) is 13.0. The number of methoxy groups -OCH3 is 1. The van der Waals surface area contributed by atoms with Crippen LogP contribution >= 0.6 is 0 Å². The van der Waals surface area contributed by atoms with E-state index < -0.39 is 0 Å². The fourth-order valence-corrected chi connectivity index (χ4v) is 3.40. The lowest BCUT2D eigenvalue weighted by atomic mass is 9.85. The van der Waals surface area contributed by atoms with Crippen LogP contribution in [0.4, 0.5) is 0 Å². The van der Waals surface area contributed by atoms with Crippen LogP contribution in [-0.4, -0.2) is 20.2 Å². The van der Waals surface area contributed by atoms with Gasteiger partial charge in [0.05, 0.1) is 7.11 Å². The van der Waals surface area contributed by atoms with Crippen molar-refractivity contribution in [3.05, 3.63) is 29.8 Å². The van der Waals surface area contributed by atoms with E-state index in [9.17, 15) is 0 Å². The molecule has 2 heteroatoms. The van der Waals surface area contributed by atoms with Gasteiger partial charge in [0, 0.05) is 0 Å². The van der Waals surface area contributed by atoms with E-state index in [0.717, 1.165) is 30.7 Å². The molecule has 1 atom stereocenters. The molecule has 0 heterocycles. The summed E-state index contributed by atoms with van der Waals surface area (Å²) in [4.78, 5) is 0. The molecule has 1 aliphatic carbocycles. The van der Waals surface area contributed by atoms with Crippen molar-refractivity contribution in [2.24, 2.45) is 11.8 Å². The van der Waals surface area contributed by atoms with Crippen LogP contribution in [0, 0.1) is 11.8 Å². The van der Waals surface area contributed by atoms with Crippen LogP contribution in [0.15, 0.2) is 24.3 Å². The van der Waals surface area contributed by atoms with E-state index >= 15 is 0 Å². The van der Waals surface area contributed by atoms with E-state index in [1.54, 1.807) is 7.11 Å². The molecule has 2 rings (SSSR count). The van der Waals surface area contributed by atoms with E-state index in [1.165, 1.54) is 44.1 Å². The lowest BCUT2D eigenvalue weighted by Gasteiger charge is -2.24. The average Bonchev–Trinajstić information content (AvgIpc) is 3.01. The molecule has 1 saturated carbocycles. The SMILES string of the molecule is CCCNCC(Cc1cccc(OC)c1)C1CCCC1. The molecule has 1 aromatic carbocycles. The molecule has 0 aliphatic heterocycles. The highest BCUT2D eigenvalue weighted by molar-refractivity contribution is 5.28. The average molecular weight is 275 g/mol. The second-order valence-corrected chi connectivity index (χ2v) is 6.06. The Labute approximate surface area is 123 Å². The van der Waals surface area contributed by atoms with Crippen LogP contribution in [0.3, 0.4) is 0 Å². The van der Waals surface area contributed by atoms with Gasteiger partial charge in [-0.2, -0.15) is 0 Å². The van der Waals surface area contributed by atoms with Gasteiger partial charge in [-0.15, -0.1) is 0 Å². The molecule has 0 radical (unpaired) electrons. The number of ether oxygens (including phenoxy) is 1. The largest absolute Gasteiger partial charge is 0.497 e. The minimum absolute atomic E-state index is 0.774. The second kappa shape index (κ2) is 8.31. The van der Waals surface area contributed by atoms with Gasteiger partial charge >= 0.3 is 0 Å². The van der Waals surface area contributed by atoms with Crippen LogP contribution in [0.25, 0.3) is 0 Å². The topological polar surface area (TPSA) is 21.3 Å². The number of nitrogens with one attached hydrogen (secondary N) is 1. The van der Waals surface area contributed by atoms with Crippen molar-refractivity contribution in [2.45, 2.75) is 45.4 Å². The molecule has 1 unspecified atom stereocenters. The fourth-order valence-electron chi connectivity index (χ4n) is 3.40. The van der Waals surface area contributed by atoms with Crippen molar-refractivity contribution >= 4 is 0 Å². The van der Waals surface area contributed by atoms with Gasteiger partial charge in [0.25, 0.3) is 0 Å². The molecule has 1 aliphatic rings. The van der Waals surface area contributed by atoms with E-state index in [4.69, 9.17) is 4.74 Å². The van der Waals surface area contributed by atoms with Gasteiger partial charge in [-0.3, -0.25) is 0 Å². The Morgan fingerprint density at radius 1 is 1.30 bits per heavy atom. The first kappa shape index (κ1) is 15.4. The van der Waals surface area contributed by atoms with E-state index in [1.807, 2.05) is 6.07 Å². The molecule has 20 heavy (non-hydrogen) atoms. The molecular weight excluding hydrogens is 246 g/mol. The molecule has 2 nitrogen and oxygen atoms in total. The molecular formula is C18H29NO. The third-order valence-electron chi connectivity index (χ3n) is 4.53. The van der Waals surface area contributed by atoms with Gasteiger partial charge in [0.15, 0.2) is 0 Å². The van der Waals surface area contributed by atoms with Gasteiger partial charge in [-0.25, -0.2) is 0 Å². The summed E-state index contributed by atoms with van der Waals surface area (Å²) in [5, 5.41) is 3.63. The summed E-state index contributed by atoms with van der Waals surface area (Å²) in [6, 6.07) is 8.58. The van der Waals surface area contributed by atoms with Crippen molar-refractivity contribution in [1.82, 2.24) is 5.32 Å². The minimum atomic E-state index is 0.774. The molecule has 0 aromatic heterocycles. The highest BCUT2D eigenvalue weighted by Gasteiger charge is 2.24. The van der Waals surface area contributed by atoms with Crippen LogP contribution in [0.5, 0.6) is 5.75 Å². The maximum Gasteiger partial charge on any atom is 0.119 e. The van der Waals surface area contributed by atoms with Crippen molar-refractivity contribution in [3.63, 3.8) is 0 Å². The quantitative estimate of drug-likeness (QED) is 0.723. The first-order chi connectivity index (χ1) is 9.83. The Bertz CT molecular complexity index is 385. The molecule has 1 fully saturated rings. The summed E-state index contributed by atoms with van der Waals surface area (Å²) in [5.41, 5.74) is 1.42. The first-order valence-electron chi connectivity index (χ1n) is 8.17. The molecule has 0 bridgehead atoms. The van der Waals surface area contributed by atoms with Gasteiger partial charge in [-0.05, 0) is 55.5 Å². The predicted octanol–water partition coefficient (Wildman–Crippen LogP) is 4.04. The lowest BCUT2D eigenvalue weighted by Crippen LogP contribution is -2.29. The Morgan fingerprint density at radius 3 is 2.80 bits per heavy atom. The number of rotatable bonds is 8. The Balaban J connectivity index is 1.97. The third kappa shape index (κ3) is 4.52. The lowest BCUT2D eigenvalue weighted by molar-refractivity contribution is 0.321. The fraction of sp³-hybridized carbons (Fsp3) is 0.667. The van der Waals surface area contributed by atoms with Crippen LogP contribution in [0.2, 0.25) is 0 Å². The third-order valence-corrected chi connectivity index (χ3v) is 4.53. The first-order valence-corrected chi connectivity index (χ1v) is 8.17. The smallest absolute Gasteiger partial charge is 0.119 e. The molecule has 0 saturated heterocycles. The van der Waals surface area contributed by atoms with E-state index in [2.05, 4.69) is 30.4 Å². The molecule has 0 amide bonds. The van der Waals surface area contributed by atoms with Crippen molar-refractivity contribution < 1.29 is 4.74 Å². The highest BCUT2D eigenvalue weighted by atomic mass is 16.5. The van der Waals surface area contributed by atoms with E-state index in [-0.39, 0.29) is 0 Å². The Hall–Kier alpha value is -1.02. The monoisotopic (exact) mass is 275 g/mol. The Kier molecular flexibility index (Phi) is 6.38. The molecule has 0 spiro atoms. The van der Waals surface area contributed by atoms with Crippen LogP contribution in [0.1, 0.15) is 44.6 Å². The minimum Gasteiger partial charge on any atom is -0.497 e. The maximum atomic E-state index is 5.34. The van der Waals surface area contributed by atoms with Crippen LogP contribution < -0.4 is 10.1 Å². The summed E-state index contributed by atoms with van der Waals surface area (Å²) < 4.78 is 5.34. The second-order valence-electron chi connectivity index (χ2n) is 6.06. The Morgan fingerprint density at radius 2 is 2.10 bits per heavy atom. The molecule has 1 N–H and O–H groups in total. The summed E-state index contributed by atoms with van der Waals surface area (Å²) in [6.07, 6.45) is 8.08. The van der Waals surface area contributed by atoms with Gasteiger partial charge in [0.2, 0.25) is 0 Å². The summed E-state index contributed by atoms with van der Waals surface area (Å²) >= 11 is 0. The standard InChI is InChI=1S/C18H29NO/c1-3-11-19-14-17(16-8-4-5-9-16)12-15-7-6-10-18(13-15)20-2/h6-7,10,13,16-17,19H,3-5,8-9,11-12,14H2,1-2H3. The van der Waals surface area contributed by atoms with E-state index in [0.29, 0.717) is 0 Å². The number of hydrogen-bond donors (Lipinski definition) is 1. The maximum absolute atomic E-state index is 5.34. The van der Waals surface area contributed by atoms with Crippen LogP contribution in [-0.2, 0) is 6.42 Å². The van der Waals surface area contributed by atoms with Crippen molar-refractivity contribution in [1.29, 1.82) is 0 Å². The zero-order valence-electron chi connectivity index (χ0n) is 13.0. The van der Waals surface area contributed by atoms with Gasteiger partial charge < -0.3 is 10.1 Å². The summed E-state index contributed by atoms with van der Waals surface area (Å²) in [6.45, 7) is 4.54. The summed E-state index contributed by atoms with van der Waals surface area (Å²) in [7, 11) is 1.75. The van der Waals surface area contributed by atoms with Gasteiger partial charge in [-0.1, -0.05) is 44.7 Å². The number of hydrogen-bond acceptors (Lipinski definition) is 2. The highest BCUT2D eigenvalue weighted by Crippen LogP contribution is 2.33. The van der Waals surface area contributed by atoms with Gasteiger partial charge in [0.1, 0.15) is 5.75 Å². The molecule has 1 aromatic rings. The summed E-state index contributed by atoms with van der Waals surface area (Å²) in [5.74, 6) is 2.66. The zero-order chi connectivity index (χ0) is 14.2. The van der Waals surface area contributed by atoms with Crippen molar-refractivity contribution in [2.75, 3.05) is 20.2 Å². The molecule has 112 valence electrons. The van der Waals surface area contributed by atoms with Crippen molar-refractivity contribution in [3.8, 4) is 5.75 Å². The predicted molar refractivity (Wildman–Crippen MR) is 85.3 cm³/mol. The normalized spacial score (nSPS) is 17.3. The number of benzene rings is 1.